The number of benzene rings is 1. The highest BCUT2D eigenvalue weighted by atomic mass is 19.4. The molecule has 0 radical (unpaired) electrons. The lowest BCUT2D eigenvalue weighted by Gasteiger charge is -2.17. The van der Waals surface area contributed by atoms with Crippen molar-refractivity contribution in [1.82, 2.24) is 20.3 Å². The van der Waals surface area contributed by atoms with Crippen LogP contribution in [0, 0.1) is 5.92 Å². The van der Waals surface area contributed by atoms with E-state index in [1.165, 1.54) is 0 Å². The van der Waals surface area contributed by atoms with E-state index < -0.39 is 23.2 Å². The summed E-state index contributed by atoms with van der Waals surface area (Å²) in [6.45, 7) is 0. The smallest absolute Gasteiger partial charge is 0.342 e. The predicted octanol–water partition coefficient (Wildman–Crippen LogP) is 3.37. The molecule has 2 aliphatic carbocycles. The van der Waals surface area contributed by atoms with Gasteiger partial charge in [-0.1, -0.05) is 12.1 Å². The average molecular weight is 429 g/mol. The first-order valence-corrected chi connectivity index (χ1v) is 9.86. The van der Waals surface area contributed by atoms with Crippen LogP contribution >= 0.6 is 0 Å². The van der Waals surface area contributed by atoms with Crippen LogP contribution in [0.1, 0.15) is 36.6 Å². The molecule has 3 aromatic rings. The van der Waals surface area contributed by atoms with Crippen molar-refractivity contribution >= 4 is 28.5 Å². The maximum absolute atomic E-state index is 12.8. The molecule has 2 saturated carbocycles. The number of amides is 2. The van der Waals surface area contributed by atoms with Gasteiger partial charge in [0.05, 0.1) is 28.5 Å². The van der Waals surface area contributed by atoms with E-state index in [4.69, 9.17) is 0 Å². The van der Waals surface area contributed by atoms with Gasteiger partial charge in [0, 0.05) is 18.0 Å². The Balaban J connectivity index is 1.23. The van der Waals surface area contributed by atoms with Crippen molar-refractivity contribution < 1.29 is 22.8 Å². The molecule has 2 aromatic heterocycles. The third-order valence-corrected chi connectivity index (χ3v) is 5.76. The largest absolute Gasteiger partial charge is 0.417 e. The summed E-state index contributed by atoms with van der Waals surface area (Å²) < 4.78 is 38.5. The summed E-state index contributed by atoms with van der Waals surface area (Å²) in [7, 11) is 0. The molecule has 0 aliphatic heterocycles. The summed E-state index contributed by atoms with van der Waals surface area (Å²) in [6.07, 6.45) is -1.24. The molecule has 0 spiro atoms. The quantitative estimate of drug-likeness (QED) is 0.579. The molecule has 2 atom stereocenters. The molecule has 2 amide bonds. The number of hydrogen-bond acceptors (Lipinski definition) is 4. The molecule has 7 nitrogen and oxygen atoms in total. The fourth-order valence-electron chi connectivity index (χ4n) is 3.71. The molecule has 31 heavy (non-hydrogen) atoms. The van der Waals surface area contributed by atoms with E-state index in [9.17, 15) is 22.8 Å². The van der Waals surface area contributed by atoms with E-state index in [0.717, 1.165) is 29.1 Å². The Morgan fingerprint density at radius 2 is 1.94 bits per heavy atom. The number of H-pyrrole nitrogens is 1. The Morgan fingerprint density at radius 1 is 1.16 bits per heavy atom. The molecule has 2 fully saturated rings. The number of nitrogens with one attached hydrogen (secondary N) is 3. The number of para-hydroxylation sites is 2. The van der Waals surface area contributed by atoms with E-state index in [0.29, 0.717) is 25.5 Å². The normalized spacial score (nSPS) is 21.5. The molecule has 0 bridgehead atoms. The van der Waals surface area contributed by atoms with Gasteiger partial charge >= 0.3 is 6.18 Å². The number of halogens is 3. The number of carbonyl (C=O) groups excluding carboxylic acids is 2. The summed E-state index contributed by atoms with van der Waals surface area (Å²) in [5.41, 5.74) is -0.378. The lowest BCUT2D eigenvalue weighted by molar-refractivity contribution is -0.137. The number of anilines is 1. The first-order chi connectivity index (χ1) is 14.7. The van der Waals surface area contributed by atoms with Gasteiger partial charge in [-0.15, -0.1) is 0 Å². The molecule has 160 valence electrons. The lowest BCUT2D eigenvalue weighted by atomic mass is 10.2. The molecular weight excluding hydrogens is 411 g/mol. The number of rotatable bonds is 5. The second kappa shape index (κ2) is 6.79. The minimum atomic E-state index is -4.56. The Kier molecular flexibility index (Phi) is 4.28. The number of aromatic nitrogens is 3. The van der Waals surface area contributed by atoms with Crippen LogP contribution in [0.5, 0.6) is 0 Å². The van der Waals surface area contributed by atoms with Crippen LogP contribution in [-0.4, -0.2) is 32.3 Å². The number of imidazole rings is 1. The van der Waals surface area contributed by atoms with Crippen molar-refractivity contribution in [3.8, 4) is 0 Å². The van der Waals surface area contributed by atoms with Crippen LogP contribution in [0.15, 0.2) is 42.7 Å². The fraction of sp³-hybridized carbons (Fsp3) is 0.333. The monoisotopic (exact) mass is 429 g/mol. The first-order valence-electron chi connectivity index (χ1n) is 9.86. The molecule has 2 aliphatic rings. The highest BCUT2D eigenvalue weighted by molar-refractivity contribution is 6.03. The van der Waals surface area contributed by atoms with Crippen LogP contribution in [0.3, 0.4) is 0 Å². The van der Waals surface area contributed by atoms with E-state index in [1.54, 1.807) is 0 Å². The van der Waals surface area contributed by atoms with Crippen LogP contribution in [-0.2, 0) is 15.8 Å². The number of carbonyl (C=O) groups is 2. The SMILES string of the molecule is O=C(NC1(C(=O)Nc2cncc(C(F)(F)F)c2)CC1)C1C[C@@H]1c1nc2ccccc2[nH]1. The zero-order valence-electron chi connectivity index (χ0n) is 16.2. The molecule has 1 aromatic carbocycles. The average Bonchev–Trinajstić information content (AvgIpc) is 3.64. The van der Waals surface area contributed by atoms with E-state index in [1.807, 2.05) is 24.3 Å². The van der Waals surface area contributed by atoms with E-state index in [-0.39, 0.29) is 23.4 Å². The number of alkyl halides is 3. The summed E-state index contributed by atoms with van der Waals surface area (Å²) in [6, 6.07) is 8.41. The van der Waals surface area contributed by atoms with E-state index >= 15 is 0 Å². The molecule has 10 heteroatoms. The molecule has 5 rings (SSSR count). The number of hydrogen-bond donors (Lipinski definition) is 3. The summed E-state index contributed by atoms with van der Waals surface area (Å²) >= 11 is 0. The van der Waals surface area contributed by atoms with Gasteiger partial charge in [-0.25, -0.2) is 4.98 Å². The van der Waals surface area contributed by atoms with Crippen LogP contribution < -0.4 is 10.6 Å². The van der Waals surface area contributed by atoms with Gasteiger partial charge in [0.1, 0.15) is 11.4 Å². The van der Waals surface area contributed by atoms with Gasteiger partial charge in [0.2, 0.25) is 11.8 Å². The second-order valence-corrected chi connectivity index (χ2v) is 8.07. The summed E-state index contributed by atoms with van der Waals surface area (Å²) in [4.78, 5) is 36.6. The zero-order valence-corrected chi connectivity index (χ0v) is 16.2. The second-order valence-electron chi connectivity index (χ2n) is 8.07. The van der Waals surface area contributed by atoms with Gasteiger partial charge < -0.3 is 15.6 Å². The number of fused-ring (bicyclic) bond motifs is 1. The Labute approximate surface area is 174 Å². The Hall–Kier alpha value is -3.43. The van der Waals surface area contributed by atoms with Gasteiger partial charge in [0.15, 0.2) is 0 Å². The van der Waals surface area contributed by atoms with Gasteiger partial charge in [-0.3, -0.25) is 14.6 Å². The van der Waals surface area contributed by atoms with Crippen molar-refractivity contribution in [2.75, 3.05) is 5.32 Å². The van der Waals surface area contributed by atoms with Crippen LogP contribution in [0.2, 0.25) is 0 Å². The highest BCUT2D eigenvalue weighted by Gasteiger charge is 2.55. The summed E-state index contributed by atoms with van der Waals surface area (Å²) in [5, 5.41) is 5.24. The van der Waals surface area contributed by atoms with Crippen LogP contribution in [0.4, 0.5) is 18.9 Å². The number of nitrogens with zero attached hydrogens (tertiary/aromatic N) is 2. The van der Waals surface area contributed by atoms with Crippen LogP contribution in [0.25, 0.3) is 11.0 Å². The number of pyridine rings is 1. The van der Waals surface area contributed by atoms with Gasteiger partial charge in [-0.05, 0) is 37.5 Å². The molecule has 2 heterocycles. The third kappa shape index (κ3) is 3.73. The topological polar surface area (TPSA) is 99.8 Å². The van der Waals surface area contributed by atoms with Crippen molar-refractivity contribution in [2.45, 2.75) is 36.9 Å². The zero-order chi connectivity index (χ0) is 21.8. The highest BCUT2D eigenvalue weighted by Crippen LogP contribution is 2.48. The van der Waals surface area contributed by atoms with Crippen molar-refractivity contribution in [3.05, 3.63) is 54.1 Å². The van der Waals surface area contributed by atoms with Gasteiger partial charge in [0.25, 0.3) is 0 Å². The molecule has 1 unspecified atom stereocenters. The third-order valence-electron chi connectivity index (χ3n) is 5.76. The van der Waals surface area contributed by atoms with Crippen molar-refractivity contribution in [3.63, 3.8) is 0 Å². The Bertz CT molecular complexity index is 1150. The first kappa shape index (κ1) is 19.5. The molecular formula is C21H18F3N5O2. The standard InChI is InChI=1S/C21H18F3N5O2/c22-21(23,24)11-7-12(10-25-9-11)26-19(31)20(5-6-20)29-18(30)14-8-13(14)17-27-15-3-1-2-4-16(15)28-17/h1-4,7,9-10,13-14H,5-6,8H2,(H,26,31)(H,27,28)(H,29,30)/t13-,14?/m0/s1. The summed E-state index contributed by atoms with van der Waals surface area (Å²) in [5.74, 6) is -0.381. The Morgan fingerprint density at radius 3 is 2.65 bits per heavy atom. The van der Waals surface area contributed by atoms with Crippen molar-refractivity contribution in [2.24, 2.45) is 5.92 Å². The predicted molar refractivity (Wildman–Crippen MR) is 105 cm³/mol. The molecule has 3 N–H and O–H groups in total. The lowest BCUT2D eigenvalue weighted by Crippen LogP contribution is -2.46. The molecule has 0 saturated heterocycles. The maximum atomic E-state index is 12.8. The fourth-order valence-corrected chi connectivity index (χ4v) is 3.71. The minimum Gasteiger partial charge on any atom is -0.342 e. The van der Waals surface area contributed by atoms with Gasteiger partial charge in [-0.2, -0.15) is 13.2 Å². The maximum Gasteiger partial charge on any atom is 0.417 e. The van der Waals surface area contributed by atoms with Crippen molar-refractivity contribution in [1.29, 1.82) is 0 Å². The number of aromatic amines is 1. The minimum absolute atomic E-state index is 0.0427. The van der Waals surface area contributed by atoms with E-state index in [2.05, 4.69) is 25.6 Å².